The van der Waals surface area contributed by atoms with Gasteiger partial charge in [-0.2, -0.15) is 0 Å². The number of β-amino-alcohol motifs (C(OH)–C–C–N with tert-alkyl or cyclic N) is 1. The number of aliphatic hydroxyl groups excluding tert-OH is 1. The molecule has 2 heterocycles. The van der Waals surface area contributed by atoms with Crippen molar-refractivity contribution in [3.63, 3.8) is 0 Å². The highest BCUT2D eigenvalue weighted by molar-refractivity contribution is 7.89. The predicted molar refractivity (Wildman–Crippen MR) is 95.0 cm³/mol. The van der Waals surface area contributed by atoms with Crippen LogP contribution in [0.3, 0.4) is 0 Å². The second-order valence-electron chi connectivity index (χ2n) is 5.75. The van der Waals surface area contributed by atoms with E-state index < -0.39 is 16.1 Å². The number of aliphatic hydroxyl groups is 1. The molecule has 0 radical (unpaired) electrons. The van der Waals surface area contributed by atoms with E-state index in [0.717, 1.165) is 37.1 Å². The largest absolute Gasteiger partial charge is 0.390 e. The number of halogens is 2. The fraction of sp³-hybridized carbons (Fsp3) is 0.714. The molecule has 1 aliphatic heterocycles. The molecule has 0 saturated carbocycles. The van der Waals surface area contributed by atoms with Gasteiger partial charge in [0.2, 0.25) is 10.0 Å². The first kappa shape index (κ1) is 19.4. The summed E-state index contributed by atoms with van der Waals surface area (Å²) in [5.41, 5.74) is 0. The molecule has 0 bridgehead atoms. The monoisotopic (exact) mass is 400 g/mol. The van der Waals surface area contributed by atoms with Crippen LogP contribution in [0, 0.1) is 0 Å². The first-order chi connectivity index (χ1) is 10.8. The van der Waals surface area contributed by atoms with Crippen molar-refractivity contribution in [1.82, 2.24) is 9.62 Å². The lowest BCUT2D eigenvalue weighted by atomic mass is 9.99. The maximum absolute atomic E-state index is 12.2. The number of hydrogen-bond acceptors (Lipinski definition) is 5. The normalized spacial score (nSPS) is 21.5. The summed E-state index contributed by atoms with van der Waals surface area (Å²) < 4.78 is 27.3. The van der Waals surface area contributed by atoms with Gasteiger partial charge in [-0.3, -0.25) is 4.90 Å². The molecule has 2 rings (SSSR count). The Hall–Kier alpha value is 0.110. The van der Waals surface area contributed by atoms with E-state index in [-0.39, 0.29) is 15.8 Å². The van der Waals surface area contributed by atoms with Crippen molar-refractivity contribution >= 4 is 44.6 Å². The highest BCUT2D eigenvalue weighted by Gasteiger charge is 2.25. The van der Waals surface area contributed by atoms with Crippen molar-refractivity contribution in [2.24, 2.45) is 0 Å². The van der Waals surface area contributed by atoms with Gasteiger partial charge in [0.05, 0.1) is 10.4 Å². The van der Waals surface area contributed by atoms with Crippen molar-refractivity contribution in [3.8, 4) is 0 Å². The Morgan fingerprint density at radius 3 is 2.83 bits per heavy atom. The molecule has 0 amide bonds. The van der Waals surface area contributed by atoms with Gasteiger partial charge in [-0.1, -0.05) is 36.5 Å². The predicted octanol–water partition coefficient (Wildman–Crippen LogP) is 2.96. The van der Waals surface area contributed by atoms with Crippen molar-refractivity contribution in [2.75, 3.05) is 19.6 Å². The molecule has 1 saturated heterocycles. The van der Waals surface area contributed by atoms with E-state index >= 15 is 0 Å². The summed E-state index contributed by atoms with van der Waals surface area (Å²) in [4.78, 5) is 2.21. The summed E-state index contributed by atoms with van der Waals surface area (Å²) in [6, 6.07) is 1.79. The van der Waals surface area contributed by atoms with Crippen molar-refractivity contribution in [2.45, 2.75) is 49.6 Å². The minimum atomic E-state index is -3.76. The van der Waals surface area contributed by atoms with Crippen LogP contribution in [-0.4, -0.2) is 50.2 Å². The molecule has 1 aromatic heterocycles. The summed E-state index contributed by atoms with van der Waals surface area (Å²) >= 11 is 12.7. The number of likely N-dealkylation sites (tertiary alicyclic amines) is 1. The van der Waals surface area contributed by atoms with Crippen molar-refractivity contribution < 1.29 is 13.5 Å². The van der Waals surface area contributed by atoms with Gasteiger partial charge in [0, 0.05) is 19.1 Å². The van der Waals surface area contributed by atoms with Gasteiger partial charge in [0.15, 0.2) is 0 Å². The van der Waals surface area contributed by atoms with Crippen molar-refractivity contribution in [1.29, 1.82) is 0 Å². The third-order valence-electron chi connectivity index (χ3n) is 4.09. The molecule has 5 nitrogen and oxygen atoms in total. The highest BCUT2D eigenvalue weighted by atomic mass is 35.5. The fourth-order valence-electron chi connectivity index (χ4n) is 2.89. The van der Waals surface area contributed by atoms with Crippen LogP contribution >= 0.6 is 34.5 Å². The van der Waals surface area contributed by atoms with E-state index in [2.05, 4.69) is 16.5 Å². The van der Waals surface area contributed by atoms with Crippen LogP contribution in [0.4, 0.5) is 0 Å². The van der Waals surface area contributed by atoms with E-state index in [0.29, 0.717) is 16.9 Å². The number of nitrogens with zero attached hydrogens (tertiary/aromatic N) is 1. The SMILES string of the molecule is CC[C@H]1CCCCN1C[C@@H](O)CNS(=O)(=O)c1cc(Cl)sc1Cl. The number of rotatable bonds is 7. The molecule has 0 spiro atoms. The fourth-order valence-corrected chi connectivity index (χ4v) is 6.11. The number of sulfonamides is 1. The number of nitrogens with one attached hydrogen (secondary N) is 1. The van der Waals surface area contributed by atoms with Gasteiger partial charge < -0.3 is 5.11 Å². The lowest BCUT2D eigenvalue weighted by Gasteiger charge is -2.36. The molecular formula is C14H22Cl2N2O3S2. The van der Waals surface area contributed by atoms with E-state index in [1.54, 1.807) is 0 Å². The Kier molecular flexibility index (Phi) is 7.16. The summed E-state index contributed by atoms with van der Waals surface area (Å²) in [6.07, 6.45) is 3.76. The molecule has 0 aromatic carbocycles. The Balaban J connectivity index is 1.90. The summed E-state index contributed by atoms with van der Waals surface area (Å²) in [5, 5.41) is 10.2. The Labute approximate surface area is 151 Å². The average Bonchev–Trinajstić information content (AvgIpc) is 2.85. The van der Waals surface area contributed by atoms with Gasteiger partial charge in [0.25, 0.3) is 0 Å². The number of thiophene rings is 1. The minimum absolute atomic E-state index is 0.0363. The maximum atomic E-state index is 12.2. The lowest BCUT2D eigenvalue weighted by molar-refractivity contribution is 0.0683. The van der Waals surface area contributed by atoms with Crippen LogP contribution in [0.25, 0.3) is 0 Å². The van der Waals surface area contributed by atoms with Crippen LogP contribution in [0.5, 0.6) is 0 Å². The Morgan fingerprint density at radius 1 is 1.48 bits per heavy atom. The van der Waals surface area contributed by atoms with Crippen LogP contribution < -0.4 is 4.72 Å². The number of hydrogen-bond donors (Lipinski definition) is 2. The second-order valence-corrected chi connectivity index (χ2v) is 9.77. The maximum Gasteiger partial charge on any atom is 0.243 e. The molecule has 2 N–H and O–H groups in total. The first-order valence-electron chi connectivity index (χ1n) is 7.70. The zero-order chi connectivity index (χ0) is 17.0. The highest BCUT2D eigenvalue weighted by Crippen LogP contribution is 2.34. The third kappa shape index (κ3) is 5.29. The third-order valence-corrected chi connectivity index (χ3v) is 7.27. The summed E-state index contributed by atoms with van der Waals surface area (Å²) in [7, 11) is -3.76. The minimum Gasteiger partial charge on any atom is -0.390 e. The lowest BCUT2D eigenvalue weighted by Crippen LogP contribution is -2.46. The van der Waals surface area contributed by atoms with Gasteiger partial charge in [0.1, 0.15) is 9.23 Å². The molecule has 23 heavy (non-hydrogen) atoms. The summed E-state index contributed by atoms with van der Waals surface area (Å²) in [5.74, 6) is 0. The standard InChI is InChI=1S/C14H22Cl2N2O3S2/c1-2-10-5-3-4-6-18(10)9-11(19)8-17-23(20,21)12-7-13(15)22-14(12)16/h7,10-11,17,19H,2-6,8-9H2,1H3/t10-,11-/m0/s1. The molecule has 1 fully saturated rings. The Morgan fingerprint density at radius 2 is 2.22 bits per heavy atom. The topological polar surface area (TPSA) is 69.6 Å². The van der Waals surface area contributed by atoms with E-state index in [1.807, 2.05) is 0 Å². The zero-order valence-corrected chi connectivity index (χ0v) is 16.1. The quantitative estimate of drug-likeness (QED) is 0.737. The second kappa shape index (κ2) is 8.47. The molecule has 9 heteroatoms. The Bertz CT molecular complexity index is 622. The first-order valence-corrected chi connectivity index (χ1v) is 10.8. The van der Waals surface area contributed by atoms with Crippen LogP contribution in [0.1, 0.15) is 32.6 Å². The molecule has 2 atom stereocenters. The molecule has 0 unspecified atom stereocenters. The van der Waals surface area contributed by atoms with E-state index in [9.17, 15) is 13.5 Å². The zero-order valence-electron chi connectivity index (χ0n) is 13.0. The van der Waals surface area contributed by atoms with Crippen molar-refractivity contribution in [3.05, 3.63) is 14.7 Å². The van der Waals surface area contributed by atoms with E-state index in [4.69, 9.17) is 23.2 Å². The van der Waals surface area contributed by atoms with Gasteiger partial charge in [-0.05, 0) is 31.9 Å². The van der Waals surface area contributed by atoms with Crippen LogP contribution in [-0.2, 0) is 10.0 Å². The molecule has 132 valence electrons. The van der Waals surface area contributed by atoms with Crippen LogP contribution in [0.15, 0.2) is 11.0 Å². The number of piperidine rings is 1. The molecule has 1 aromatic rings. The van der Waals surface area contributed by atoms with Gasteiger partial charge in [-0.25, -0.2) is 13.1 Å². The average molecular weight is 401 g/mol. The molecular weight excluding hydrogens is 379 g/mol. The van der Waals surface area contributed by atoms with Gasteiger partial charge in [-0.15, -0.1) is 11.3 Å². The molecule has 1 aliphatic rings. The van der Waals surface area contributed by atoms with Crippen LogP contribution in [0.2, 0.25) is 8.67 Å². The summed E-state index contributed by atoms with van der Waals surface area (Å²) in [6.45, 7) is 3.52. The molecule has 0 aliphatic carbocycles. The van der Waals surface area contributed by atoms with Gasteiger partial charge >= 0.3 is 0 Å². The smallest absolute Gasteiger partial charge is 0.243 e. The van der Waals surface area contributed by atoms with E-state index in [1.165, 1.54) is 12.5 Å².